The lowest BCUT2D eigenvalue weighted by atomic mass is 9.83. The van der Waals surface area contributed by atoms with Crippen LogP contribution in [0.25, 0.3) is 0 Å². The summed E-state index contributed by atoms with van der Waals surface area (Å²) in [5.74, 6) is 1.08. The standard InChI is InChI=1S/C17H24O2S/c1-12(2)14-10-9-13(3)19-17(14)15-7-5-6-8-16(15)20-11-18-4/h5-8,13-14,17H,1,9-11H2,2-4H3/t13-,14+,17-/m1/s1. The molecule has 0 saturated carbocycles. The highest BCUT2D eigenvalue weighted by atomic mass is 32.2. The fourth-order valence-corrected chi connectivity index (χ4v) is 3.51. The molecule has 3 atom stereocenters. The number of ether oxygens (including phenoxy) is 2. The smallest absolute Gasteiger partial charge is 0.0963 e. The maximum atomic E-state index is 6.25. The van der Waals surface area contributed by atoms with Crippen molar-refractivity contribution >= 4 is 11.8 Å². The molecule has 1 saturated heterocycles. The van der Waals surface area contributed by atoms with Crippen LogP contribution in [0.5, 0.6) is 0 Å². The predicted molar refractivity (Wildman–Crippen MR) is 85.0 cm³/mol. The summed E-state index contributed by atoms with van der Waals surface area (Å²) in [5.41, 5.74) is 2.49. The van der Waals surface area contributed by atoms with Gasteiger partial charge in [0.15, 0.2) is 0 Å². The molecule has 0 aromatic heterocycles. The van der Waals surface area contributed by atoms with Gasteiger partial charge in [-0.1, -0.05) is 42.1 Å². The van der Waals surface area contributed by atoms with Gasteiger partial charge in [-0.3, -0.25) is 0 Å². The molecule has 1 fully saturated rings. The summed E-state index contributed by atoms with van der Waals surface area (Å²) >= 11 is 1.72. The molecule has 0 unspecified atom stereocenters. The van der Waals surface area contributed by atoms with Crippen molar-refractivity contribution in [1.82, 2.24) is 0 Å². The van der Waals surface area contributed by atoms with Crippen molar-refractivity contribution in [3.63, 3.8) is 0 Å². The summed E-state index contributed by atoms with van der Waals surface area (Å²) < 4.78 is 11.4. The molecular formula is C17H24O2S. The second-order valence-electron chi connectivity index (χ2n) is 5.49. The maximum Gasteiger partial charge on any atom is 0.0963 e. The van der Waals surface area contributed by atoms with Gasteiger partial charge in [-0.25, -0.2) is 0 Å². The zero-order valence-corrected chi connectivity index (χ0v) is 13.4. The summed E-state index contributed by atoms with van der Waals surface area (Å²) in [6, 6.07) is 8.49. The fourth-order valence-electron chi connectivity index (χ4n) is 2.74. The Morgan fingerprint density at radius 2 is 2.15 bits per heavy atom. The van der Waals surface area contributed by atoms with Crippen LogP contribution in [-0.2, 0) is 9.47 Å². The molecule has 110 valence electrons. The highest BCUT2D eigenvalue weighted by Gasteiger charge is 2.32. The van der Waals surface area contributed by atoms with Crippen LogP contribution in [0.1, 0.15) is 38.4 Å². The zero-order chi connectivity index (χ0) is 14.5. The number of benzene rings is 1. The van der Waals surface area contributed by atoms with E-state index in [2.05, 4.69) is 44.7 Å². The van der Waals surface area contributed by atoms with Crippen LogP contribution in [-0.4, -0.2) is 19.2 Å². The van der Waals surface area contributed by atoms with E-state index in [1.165, 1.54) is 16.0 Å². The second-order valence-corrected chi connectivity index (χ2v) is 6.45. The molecule has 0 aliphatic carbocycles. The lowest BCUT2D eigenvalue weighted by Gasteiger charge is -2.36. The van der Waals surface area contributed by atoms with Crippen molar-refractivity contribution in [2.75, 3.05) is 13.0 Å². The molecule has 1 aromatic carbocycles. The van der Waals surface area contributed by atoms with Gasteiger partial charge in [0.1, 0.15) is 0 Å². The molecule has 3 heteroatoms. The average Bonchev–Trinajstić information content (AvgIpc) is 2.45. The van der Waals surface area contributed by atoms with E-state index in [1.54, 1.807) is 18.9 Å². The average molecular weight is 292 g/mol. The van der Waals surface area contributed by atoms with Crippen molar-refractivity contribution in [1.29, 1.82) is 0 Å². The van der Waals surface area contributed by atoms with E-state index >= 15 is 0 Å². The fraction of sp³-hybridized carbons (Fsp3) is 0.529. The van der Waals surface area contributed by atoms with Crippen LogP contribution < -0.4 is 0 Å². The van der Waals surface area contributed by atoms with E-state index in [0.29, 0.717) is 18.0 Å². The SMILES string of the molecule is C=C(C)[C@@H]1CC[C@@H](C)O[C@H]1c1ccccc1SCOC. The van der Waals surface area contributed by atoms with Crippen LogP contribution in [0.2, 0.25) is 0 Å². The first-order valence-corrected chi connectivity index (χ1v) is 8.13. The highest BCUT2D eigenvalue weighted by molar-refractivity contribution is 7.99. The van der Waals surface area contributed by atoms with Gasteiger partial charge in [0.05, 0.1) is 18.1 Å². The zero-order valence-electron chi connectivity index (χ0n) is 12.6. The minimum absolute atomic E-state index is 0.122. The Balaban J connectivity index is 2.28. The van der Waals surface area contributed by atoms with Gasteiger partial charge < -0.3 is 9.47 Å². The molecular weight excluding hydrogens is 268 g/mol. The Hall–Kier alpha value is -0.770. The predicted octanol–water partition coefficient (Wildman–Crippen LogP) is 4.81. The Morgan fingerprint density at radius 3 is 2.85 bits per heavy atom. The van der Waals surface area contributed by atoms with Crippen molar-refractivity contribution < 1.29 is 9.47 Å². The molecule has 20 heavy (non-hydrogen) atoms. The van der Waals surface area contributed by atoms with E-state index in [1.807, 2.05) is 0 Å². The molecule has 1 aliphatic heterocycles. The van der Waals surface area contributed by atoms with Gasteiger partial charge in [-0.05, 0) is 38.3 Å². The number of methoxy groups -OCH3 is 1. The van der Waals surface area contributed by atoms with E-state index in [9.17, 15) is 0 Å². The number of hydrogen-bond donors (Lipinski definition) is 0. The molecule has 0 bridgehead atoms. The molecule has 2 rings (SSSR count). The minimum Gasteiger partial charge on any atom is -0.374 e. The van der Waals surface area contributed by atoms with Gasteiger partial charge in [0.2, 0.25) is 0 Å². The van der Waals surface area contributed by atoms with E-state index < -0.39 is 0 Å². The van der Waals surface area contributed by atoms with Crippen LogP contribution in [0.3, 0.4) is 0 Å². The lowest BCUT2D eigenvalue weighted by Crippen LogP contribution is -2.28. The summed E-state index contributed by atoms with van der Waals surface area (Å²) in [6.45, 7) is 8.43. The summed E-state index contributed by atoms with van der Waals surface area (Å²) in [6.07, 6.45) is 2.71. The molecule has 0 radical (unpaired) electrons. The largest absolute Gasteiger partial charge is 0.374 e. The summed E-state index contributed by atoms with van der Waals surface area (Å²) in [5, 5.41) is 0. The first-order chi connectivity index (χ1) is 9.63. The molecule has 0 spiro atoms. The Morgan fingerprint density at radius 1 is 1.40 bits per heavy atom. The lowest BCUT2D eigenvalue weighted by molar-refractivity contribution is -0.0684. The normalized spacial score (nSPS) is 26.4. The third kappa shape index (κ3) is 3.66. The number of thioether (sulfide) groups is 1. The van der Waals surface area contributed by atoms with Gasteiger partial charge in [0.25, 0.3) is 0 Å². The quantitative estimate of drug-likeness (QED) is 0.440. The second kappa shape index (κ2) is 7.30. The molecule has 1 aliphatic rings. The van der Waals surface area contributed by atoms with Crippen LogP contribution in [0.4, 0.5) is 0 Å². The first-order valence-electron chi connectivity index (χ1n) is 7.15. The Labute approximate surface area is 126 Å². The van der Waals surface area contributed by atoms with Crippen LogP contribution in [0, 0.1) is 5.92 Å². The van der Waals surface area contributed by atoms with Gasteiger partial charge >= 0.3 is 0 Å². The molecule has 0 amide bonds. The number of rotatable bonds is 5. The van der Waals surface area contributed by atoms with E-state index in [0.717, 1.165) is 12.8 Å². The van der Waals surface area contributed by atoms with Crippen molar-refractivity contribution in [3.8, 4) is 0 Å². The van der Waals surface area contributed by atoms with Gasteiger partial charge in [-0.15, -0.1) is 0 Å². The first kappa shape index (κ1) is 15.6. The van der Waals surface area contributed by atoms with E-state index in [-0.39, 0.29) is 6.10 Å². The minimum atomic E-state index is 0.122. The molecule has 1 heterocycles. The molecule has 2 nitrogen and oxygen atoms in total. The Kier molecular flexibility index (Phi) is 5.70. The van der Waals surface area contributed by atoms with Gasteiger partial charge in [-0.2, -0.15) is 0 Å². The molecule has 1 aromatic rings. The van der Waals surface area contributed by atoms with Crippen molar-refractivity contribution in [2.24, 2.45) is 5.92 Å². The Bertz CT molecular complexity index is 458. The topological polar surface area (TPSA) is 18.5 Å². The van der Waals surface area contributed by atoms with E-state index in [4.69, 9.17) is 9.47 Å². The van der Waals surface area contributed by atoms with Crippen molar-refractivity contribution in [2.45, 2.75) is 43.8 Å². The van der Waals surface area contributed by atoms with Crippen LogP contribution >= 0.6 is 11.8 Å². The summed E-state index contributed by atoms with van der Waals surface area (Å²) in [4.78, 5) is 1.25. The maximum absolute atomic E-state index is 6.25. The molecule has 0 N–H and O–H groups in total. The number of hydrogen-bond acceptors (Lipinski definition) is 3. The monoisotopic (exact) mass is 292 g/mol. The third-order valence-electron chi connectivity index (χ3n) is 3.82. The van der Waals surface area contributed by atoms with Gasteiger partial charge in [0, 0.05) is 17.9 Å². The van der Waals surface area contributed by atoms with Crippen molar-refractivity contribution in [3.05, 3.63) is 42.0 Å². The van der Waals surface area contributed by atoms with Crippen LogP contribution in [0.15, 0.2) is 41.3 Å². The summed E-state index contributed by atoms with van der Waals surface area (Å²) in [7, 11) is 1.73. The highest BCUT2D eigenvalue weighted by Crippen LogP contribution is 2.42. The third-order valence-corrected chi connectivity index (χ3v) is 4.86.